The van der Waals surface area contributed by atoms with Crippen LogP contribution in [0.25, 0.3) is 0 Å². The lowest BCUT2D eigenvalue weighted by atomic mass is 9.88. The Morgan fingerprint density at radius 3 is 2.54 bits per heavy atom. The first-order valence-electron chi connectivity index (χ1n) is 9.93. The molecule has 3 rings (SSSR count). The average Bonchev–Trinajstić information content (AvgIpc) is 3.24. The molecule has 28 heavy (non-hydrogen) atoms. The van der Waals surface area contributed by atoms with E-state index in [0.717, 1.165) is 25.1 Å². The van der Waals surface area contributed by atoms with Crippen molar-refractivity contribution in [3.63, 3.8) is 0 Å². The zero-order chi connectivity index (χ0) is 19.9. The molecule has 0 bridgehead atoms. The Balaban J connectivity index is 1.68. The molecule has 1 aliphatic rings. The molecule has 2 aromatic rings. The molecule has 1 heterocycles. The van der Waals surface area contributed by atoms with Crippen molar-refractivity contribution in [2.24, 2.45) is 0 Å². The standard InChI is InChI=1S/C23H30N2O2S/c1-4-15-27-19-13-11-18(12-14-19)23(26)25(3)22-10-6-5-9-21(22)24(2)17-20-8-7-16-28-20/h4,7-8,11-14,16,21-22H,1,5-6,9-10,15,17H2,2-3H3/t21-,22-/m1/s1. The van der Waals surface area contributed by atoms with Gasteiger partial charge in [-0.3, -0.25) is 9.69 Å². The maximum Gasteiger partial charge on any atom is 0.253 e. The normalized spacial score (nSPS) is 19.4. The summed E-state index contributed by atoms with van der Waals surface area (Å²) in [7, 11) is 4.14. The summed E-state index contributed by atoms with van der Waals surface area (Å²) < 4.78 is 5.52. The number of rotatable bonds is 8. The lowest BCUT2D eigenvalue weighted by Crippen LogP contribution is -2.52. The van der Waals surface area contributed by atoms with Crippen LogP contribution in [0.4, 0.5) is 0 Å². The Hall–Kier alpha value is -2.11. The predicted octanol–water partition coefficient (Wildman–Crippen LogP) is 4.83. The number of thiophene rings is 1. The van der Waals surface area contributed by atoms with Crippen LogP contribution in [-0.2, 0) is 6.54 Å². The quantitative estimate of drug-likeness (QED) is 0.597. The van der Waals surface area contributed by atoms with E-state index in [4.69, 9.17) is 4.74 Å². The Bertz CT molecular complexity index is 757. The first-order chi connectivity index (χ1) is 13.6. The molecular formula is C23H30N2O2S. The molecule has 1 aromatic heterocycles. The summed E-state index contributed by atoms with van der Waals surface area (Å²) in [5.41, 5.74) is 0.707. The van der Waals surface area contributed by atoms with Crippen LogP contribution in [0.2, 0.25) is 0 Å². The van der Waals surface area contributed by atoms with Gasteiger partial charge in [-0.15, -0.1) is 11.3 Å². The summed E-state index contributed by atoms with van der Waals surface area (Å²) >= 11 is 1.79. The number of carbonyl (C=O) groups excluding carboxylic acids is 1. The molecule has 2 atom stereocenters. The van der Waals surface area contributed by atoms with Gasteiger partial charge in [0.05, 0.1) is 0 Å². The van der Waals surface area contributed by atoms with Crippen molar-refractivity contribution in [1.29, 1.82) is 0 Å². The third-order valence-corrected chi connectivity index (χ3v) is 6.39. The van der Waals surface area contributed by atoms with E-state index in [1.807, 2.05) is 36.2 Å². The predicted molar refractivity (Wildman–Crippen MR) is 116 cm³/mol. The summed E-state index contributed by atoms with van der Waals surface area (Å²) in [6.45, 7) is 5.06. The van der Waals surface area contributed by atoms with Gasteiger partial charge in [-0.05, 0) is 55.6 Å². The van der Waals surface area contributed by atoms with Crippen LogP contribution in [0, 0.1) is 0 Å². The number of nitrogens with zero attached hydrogens (tertiary/aromatic N) is 2. The fourth-order valence-corrected chi connectivity index (χ4v) is 4.79. The van der Waals surface area contributed by atoms with E-state index >= 15 is 0 Å². The van der Waals surface area contributed by atoms with Gasteiger partial charge in [-0.25, -0.2) is 0 Å². The van der Waals surface area contributed by atoms with E-state index < -0.39 is 0 Å². The van der Waals surface area contributed by atoms with Gasteiger partial charge in [0.2, 0.25) is 0 Å². The van der Waals surface area contributed by atoms with E-state index in [2.05, 4.69) is 36.0 Å². The molecule has 0 radical (unpaired) electrons. The molecule has 1 aromatic carbocycles. The average molecular weight is 399 g/mol. The van der Waals surface area contributed by atoms with Gasteiger partial charge in [0.15, 0.2) is 0 Å². The largest absolute Gasteiger partial charge is 0.490 e. The second-order valence-electron chi connectivity index (χ2n) is 7.45. The second kappa shape index (κ2) is 9.89. The van der Waals surface area contributed by atoms with E-state index in [-0.39, 0.29) is 11.9 Å². The molecule has 0 saturated heterocycles. The third-order valence-electron chi connectivity index (χ3n) is 5.53. The summed E-state index contributed by atoms with van der Waals surface area (Å²) in [6.07, 6.45) is 6.32. The Labute approximate surface area is 172 Å². The summed E-state index contributed by atoms with van der Waals surface area (Å²) in [4.78, 5) is 18.9. The number of likely N-dealkylation sites (N-methyl/N-ethyl adjacent to an activating group) is 2. The van der Waals surface area contributed by atoms with E-state index in [9.17, 15) is 4.79 Å². The Morgan fingerprint density at radius 2 is 1.89 bits per heavy atom. The highest BCUT2D eigenvalue weighted by Gasteiger charge is 2.33. The van der Waals surface area contributed by atoms with Crippen molar-refractivity contribution < 1.29 is 9.53 Å². The van der Waals surface area contributed by atoms with E-state index in [0.29, 0.717) is 18.2 Å². The molecule has 1 amide bonds. The van der Waals surface area contributed by atoms with Crippen LogP contribution in [0.3, 0.4) is 0 Å². The van der Waals surface area contributed by atoms with Gasteiger partial charge in [-0.2, -0.15) is 0 Å². The summed E-state index contributed by atoms with van der Waals surface area (Å²) in [5, 5.41) is 2.12. The van der Waals surface area contributed by atoms with Crippen molar-refractivity contribution in [2.75, 3.05) is 20.7 Å². The first-order valence-corrected chi connectivity index (χ1v) is 10.8. The smallest absolute Gasteiger partial charge is 0.253 e. The summed E-state index contributed by atoms with van der Waals surface area (Å²) in [6, 6.07) is 12.3. The third kappa shape index (κ3) is 5.03. The van der Waals surface area contributed by atoms with Gasteiger partial charge < -0.3 is 9.64 Å². The zero-order valence-corrected chi connectivity index (χ0v) is 17.7. The lowest BCUT2D eigenvalue weighted by molar-refractivity contribution is 0.0488. The number of ether oxygens (including phenoxy) is 1. The Kier molecular flexibility index (Phi) is 7.29. The van der Waals surface area contributed by atoms with Crippen LogP contribution in [-0.4, -0.2) is 48.5 Å². The van der Waals surface area contributed by atoms with Gasteiger partial charge in [-0.1, -0.05) is 31.6 Å². The minimum Gasteiger partial charge on any atom is -0.490 e. The molecule has 0 unspecified atom stereocenters. The van der Waals surface area contributed by atoms with Crippen LogP contribution in [0.15, 0.2) is 54.4 Å². The minimum absolute atomic E-state index is 0.0803. The minimum atomic E-state index is 0.0803. The van der Waals surface area contributed by atoms with Crippen molar-refractivity contribution >= 4 is 17.2 Å². The second-order valence-corrected chi connectivity index (χ2v) is 8.49. The van der Waals surface area contributed by atoms with Crippen LogP contribution in [0.5, 0.6) is 5.75 Å². The van der Waals surface area contributed by atoms with Crippen LogP contribution in [0.1, 0.15) is 40.9 Å². The highest BCUT2D eigenvalue weighted by atomic mass is 32.1. The highest BCUT2D eigenvalue weighted by molar-refractivity contribution is 7.09. The van der Waals surface area contributed by atoms with Crippen LogP contribution >= 0.6 is 11.3 Å². The first kappa shape index (κ1) is 20.6. The molecule has 1 fully saturated rings. The fraction of sp³-hybridized carbons (Fsp3) is 0.435. The van der Waals surface area contributed by atoms with Crippen LogP contribution < -0.4 is 4.74 Å². The van der Waals surface area contributed by atoms with Crippen molar-refractivity contribution in [1.82, 2.24) is 9.80 Å². The van der Waals surface area contributed by atoms with Crippen molar-refractivity contribution in [2.45, 2.75) is 44.3 Å². The maximum atomic E-state index is 13.1. The molecule has 4 nitrogen and oxygen atoms in total. The number of benzene rings is 1. The number of amides is 1. The zero-order valence-electron chi connectivity index (χ0n) is 16.8. The maximum absolute atomic E-state index is 13.1. The van der Waals surface area contributed by atoms with E-state index in [1.54, 1.807) is 17.4 Å². The van der Waals surface area contributed by atoms with Crippen molar-refractivity contribution in [3.05, 3.63) is 64.9 Å². The number of hydrogen-bond acceptors (Lipinski definition) is 4. The Morgan fingerprint density at radius 1 is 1.18 bits per heavy atom. The topological polar surface area (TPSA) is 32.8 Å². The van der Waals surface area contributed by atoms with Gasteiger partial charge in [0.25, 0.3) is 5.91 Å². The monoisotopic (exact) mass is 398 g/mol. The number of hydrogen-bond donors (Lipinski definition) is 0. The van der Waals surface area contributed by atoms with Gasteiger partial charge in [0, 0.05) is 36.1 Å². The molecule has 1 saturated carbocycles. The summed E-state index contributed by atoms with van der Waals surface area (Å²) in [5.74, 6) is 0.835. The SMILES string of the molecule is C=CCOc1ccc(C(=O)N(C)[C@@H]2CCCC[C@H]2N(C)Cc2cccs2)cc1. The van der Waals surface area contributed by atoms with Crippen molar-refractivity contribution in [3.8, 4) is 5.75 Å². The molecular weight excluding hydrogens is 368 g/mol. The molecule has 0 spiro atoms. The lowest BCUT2D eigenvalue weighted by Gasteiger charge is -2.42. The number of carbonyl (C=O) groups is 1. The molecule has 5 heteroatoms. The molecule has 0 N–H and O–H groups in total. The highest BCUT2D eigenvalue weighted by Crippen LogP contribution is 2.28. The van der Waals surface area contributed by atoms with Gasteiger partial charge >= 0.3 is 0 Å². The van der Waals surface area contributed by atoms with E-state index in [1.165, 1.54) is 17.7 Å². The molecule has 1 aliphatic carbocycles. The van der Waals surface area contributed by atoms with Gasteiger partial charge in [0.1, 0.15) is 12.4 Å². The molecule has 150 valence electrons. The molecule has 0 aliphatic heterocycles. The fourth-order valence-electron chi connectivity index (χ4n) is 4.03.